The molecule has 0 unspecified atom stereocenters. The van der Waals surface area contributed by atoms with E-state index in [4.69, 9.17) is 9.16 Å². The minimum absolute atomic E-state index is 0.655. The van der Waals surface area contributed by atoms with Crippen LogP contribution < -0.4 is 0 Å². The summed E-state index contributed by atoms with van der Waals surface area (Å²) >= 11 is 0. The van der Waals surface area contributed by atoms with Crippen molar-refractivity contribution in [3.8, 4) is 0 Å². The van der Waals surface area contributed by atoms with Crippen molar-refractivity contribution in [3.63, 3.8) is 0 Å². The highest BCUT2D eigenvalue weighted by molar-refractivity contribution is 6.73. The minimum Gasteiger partial charge on any atom is -0.499 e. The van der Waals surface area contributed by atoms with E-state index in [-0.39, 0.29) is 0 Å². The summed E-state index contributed by atoms with van der Waals surface area (Å²) in [6.45, 7) is 11.8. The molecule has 0 rings (SSSR count). The second-order valence-electron chi connectivity index (χ2n) is 5.38. The summed E-state index contributed by atoms with van der Waals surface area (Å²) in [7, 11) is -1.52. The third-order valence-electron chi connectivity index (χ3n) is 3.69. The average Bonchev–Trinajstić information content (AvgIpc) is 2.44. The summed E-state index contributed by atoms with van der Waals surface area (Å²) in [5.41, 5.74) is 0. The van der Waals surface area contributed by atoms with E-state index >= 15 is 0 Å². The maximum Gasteiger partial charge on any atom is 0.193 e. The standard InChI is InChI=1S/C16H34O2Si/c1-5-9-14-19(15-10-6-2,16-11-7-3)18-13-12-17-8-4/h8H,4-7,9-16H2,1-3H3. The van der Waals surface area contributed by atoms with Gasteiger partial charge in [-0.15, -0.1) is 0 Å². The first kappa shape index (κ1) is 18.7. The molecular formula is C16H34O2Si. The molecule has 3 heteroatoms. The Labute approximate surface area is 121 Å². The van der Waals surface area contributed by atoms with E-state index in [1.807, 2.05) is 0 Å². The average molecular weight is 287 g/mol. The number of hydrogen-bond donors (Lipinski definition) is 0. The summed E-state index contributed by atoms with van der Waals surface area (Å²) in [6.07, 6.45) is 9.31. The van der Waals surface area contributed by atoms with Crippen LogP contribution in [-0.4, -0.2) is 21.5 Å². The second kappa shape index (κ2) is 12.7. The zero-order chi connectivity index (χ0) is 14.4. The Bertz CT molecular complexity index is 185. The van der Waals surface area contributed by atoms with Crippen molar-refractivity contribution in [1.29, 1.82) is 0 Å². The van der Waals surface area contributed by atoms with E-state index in [9.17, 15) is 0 Å². The fourth-order valence-corrected chi connectivity index (χ4v) is 7.17. The van der Waals surface area contributed by atoms with Crippen molar-refractivity contribution >= 4 is 8.32 Å². The maximum absolute atomic E-state index is 6.40. The van der Waals surface area contributed by atoms with Gasteiger partial charge in [-0.1, -0.05) is 65.9 Å². The number of unbranched alkanes of at least 4 members (excludes halogenated alkanes) is 3. The van der Waals surface area contributed by atoms with Gasteiger partial charge in [-0.3, -0.25) is 0 Å². The third-order valence-corrected chi connectivity index (χ3v) is 8.30. The molecule has 0 amide bonds. The van der Waals surface area contributed by atoms with Gasteiger partial charge in [-0.05, 0) is 18.1 Å². The van der Waals surface area contributed by atoms with Gasteiger partial charge in [0, 0.05) is 0 Å². The van der Waals surface area contributed by atoms with Gasteiger partial charge >= 0.3 is 0 Å². The van der Waals surface area contributed by atoms with Gasteiger partial charge < -0.3 is 9.16 Å². The molecule has 19 heavy (non-hydrogen) atoms. The lowest BCUT2D eigenvalue weighted by Gasteiger charge is -2.32. The molecule has 0 heterocycles. The molecule has 0 fully saturated rings. The summed E-state index contributed by atoms with van der Waals surface area (Å²) in [4.78, 5) is 0. The molecule has 0 N–H and O–H groups in total. The molecule has 0 aromatic heterocycles. The Balaban J connectivity index is 4.42. The van der Waals surface area contributed by atoms with Gasteiger partial charge in [0.1, 0.15) is 6.61 Å². The van der Waals surface area contributed by atoms with Gasteiger partial charge in [0.25, 0.3) is 0 Å². The topological polar surface area (TPSA) is 18.5 Å². The predicted octanol–water partition coefficient (Wildman–Crippen LogP) is 5.51. The molecule has 0 radical (unpaired) electrons. The van der Waals surface area contributed by atoms with E-state index in [1.165, 1.54) is 62.9 Å². The molecule has 0 aliphatic rings. The molecule has 0 aromatic rings. The van der Waals surface area contributed by atoms with E-state index in [0.717, 1.165) is 6.61 Å². The lowest BCUT2D eigenvalue weighted by molar-refractivity contribution is 0.171. The zero-order valence-electron chi connectivity index (χ0n) is 13.4. The molecule has 0 atom stereocenters. The highest BCUT2D eigenvalue weighted by atomic mass is 28.4. The summed E-state index contributed by atoms with van der Waals surface area (Å²) in [5, 5.41) is 0. The Kier molecular flexibility index (Phi) is 12.5. The molecule has 0 aliphatic carbocycles. The zero-order valence-corrected chi connectivity index (χ0v) is 14.4. The SMILES string of the molecule is C=COCCO[Si](CCCC)(CCCC)CCCC. The van der Waals surface area contributed by atoms with Gasteiger partial charge in [0.2, 0.25) is 0 Å². The normalized spacial score (nSPS) is 11.5. The van der Waals surface area contributed by atoms with Crippen LogP contribution in [0.25, 0.3) is 0 Å². The van der Waals surface area contributed by atoms with Crippen LogP contribution in [-0.2, 0) is 9.16 Å². The smallest absolute Gasteiger partial charge is 0.193 e. The fourth-order valence-electron chi connectivity index (χ4n) is 2.48. The first-order valence-corrected chi connectivity index (χ1v) is 10.6. The van der Waals surface area contributed by atoms with Gasteiger partial charge in [0.15, 0.2) is 8.32 Å². The van der Waals surface area contributed by atoms with Crippen molar-refractivity contribution in [1.82, 2.24) is 0 Å². The second-order valence-corrected chi connectivity index (χ2v) is 9.53. The van der Waals surface area contributed by atoms with Crippen LogP contribution in [0.3, 0.4) is 0 Å². The number of hydrogen-bond acceptors (Lipinski definition) is 2. The van der Waals surface area contributed by atoms with Crippen LogP contribution in [0.1, 0.15) is 59.3 Å². The third kappa shape index (κ3) is 9.28. The lowest BCUT2D eigenvalue weighted by atomic mass is 10.4. The van der Waals surface area contributed by atoms with Crippen LogP contribution in [0.2, 0.25) is 18.1 Å². The van der Waals surface area contributed by atoms with Crippen LogP contribution in [0, 0.1) is 0 Å². The first-order chi connectivity index (χ1) is 9.24. The van der Waals surface area contributed by atoms with E-state index < -0.39 is 8.32 Å². The van der Waals surface area contributed by atoms with Gasteiger partial charge in [-0.25, -0.2) is 0 Å². The summed E-state index contributed by atoms with van der Waals surface area (Å²) < 4.78 is 11.6. The Hall–Kier alpha value is -0.283. The van der Waals surface area contributed by atoms with Gasteiger partial charge in [-0.2, -0.15) is 0 Å². The van der Waals surface area contributed by atoms with Crippen LogP contribution in [0.4, 0.5) is 0 Å². The molecule has 0 spiro atoms. The Morgan fingerprint density at radius 2 is 1.32 bits per heavy atom. The molecule has 2 nitrogen and oxygen atoms in total. The predicted molar refractivity (Wildman–Crippen MR) is 87.0 cm³/mol. The largest absolute Gasteiger partial charge is 0.499 e. The van der Waals surface area contributed by atoms with Crippen molar-refractivity contribution in [2.75, 3.05) is 13.2 Å². The molecule has 0 bridgehead atoms. The lowest BCUT2D eigenvalue weighted by Crippen LogP contribution is -2.39. The highest BCUT2D eigenvalue weighted by Gasteiger charge is 2.32. The minimum atomic E-state index is -1.52. The van der Waals surface area contributed by atoms with Crippen molar-refractivity contribution in [2.24, 2.45) is 0 Å². The summed E-state index contributed by atoms with van der Waals surface area (Å²) in [6, 6.07) is 3.99. The van der Waals surface area contributed by atoms with Crippen LogP contribution >= 0.6 is 0 Å². The molecule has 0 aromatic carbocycles. The Morgan fingerprint density at radius 1 is 0.842 bits per heavy atom. The molecule has 0 aliphatic heterocycles. The highest BCUT2D eigenvalue weighted by Crippen LogP contribution is 2.29. The maximum atomic E-state index is 6.40. The Morgan fingerprint density at radius 3 is 1.68 bits per heavy atom. The van der Waals surface area contributed by atoms with Crippen LogP contribution in [0.15, 0.2) is 12.8 Å². The van der Waals surface area contributed by atoms with Gasteiger partial charge in [0.05, 0.1) is 12.9 Å². The molecular weight excluding hydrogens is 252 g/mol. The first-order valence-electron chi connectivity index (χ1n) is 8.11. The van der Waals surface area contributed by atoms with Crippen molar-refractivity contribution in [3.05, 3.63) is 12.8 Å². The fraction of sp³-hybridized carbons (Fsp3) is 0.875. The van der Waals surface area contributed by atoms with Crippen molar-refractivity contribution < 1.29 is 9.16 Å². The monoisotopic (exact) mass is 286 g/mol. The van der Waals surface area contributed by atoms with E-state index in [0.29, 0.717) is 6.61 Å². The number of ether oxygens (including phenoxy) is 1. The van der Waals surface area contributed by atoms with Crippen molar-refractivity contribution in [2.45, 2.75) is 77.4 Å². The quantitative estimate of drug-likeness (QED) is 0.238. The number of rotatable bonds is 14. The molecule has 0 saturated heterocycles. The molecule has 0 saturated carbocycles. The van der Waals surface area contributed by atoms with Crippen LogP contribution in [0.5, 0.6) is 0 Å². The van der Waals surface area contributed by atoms with E-state index in [1.54, 1.807) is 0 Å². The molecule has 114 valence electrons. The van der Waals surface area contributed by atoms with E-state index in [2.05, 4.69) is 27.4 Å². The summed E-state index contributed by atoms with van der Waals surface area (Å²) in [5.74, 6) is 0.